The molecule has 0 aliphatic rings. The number of nitrogens with two attached hydrogens (primary N) is 1. The van der Waals surface area contributed by atoms with Gasteiger partial charge in [-0.25, -0.2) is 0 Å². The molecule has 0 aliphatic carbocycles. The standard InChI is InChI=1S/CH3NO.Al.Li.4H/c2-1-3;;;;;;/h1H,(H2,2,3);;;;;;/q;;+1;;;;-1. The van der Waals surface area contributed by atoms with E-state index in [0.29, 0.717) is 0 Å². The zero-order valence-electron chi connectivity index (χ0n) is 3.56. The van der Waals surface area contributed by atoms with Crippen LogP contribution in [-0.2, 0) is 4.79 Å². The van der Waals surface area contributed by atoms with E-state index < -0.39 is 0 Å². The fourth-order valence-corrected chi connectivity index (χ4v) is 0. The molecule has 0 saturated heterocycles. The van der Waals surface area contributed by atoms with E-state index in [4.69, 9.17) is 4.79 Å². The van der Waals surface area contributed by atoms with Gasteiger partial charge in [-0.3, -0.25) is 4.79 Å². The Hall–Kier alpha value is 0.600. The quantitative estimate of drug-likeness (QED) is 0.231. The zero-order chi connectivity index (χ0) is 2.71. The summed E-state index contributed by atoms with van der Waals surface area (Å²) in [6.45, 7) is 0. The van der Waals surface area contributed by atoms with E-state index in [2.05, 4.69) is 5.73 Å². The Labute approximate surface area is 54.9 Å². The number of carbonyl (C=O) groups is 1. The molecule has 2 nitrogen and oxygen atoms in total. The molecule has 0 aromatic carbocycles. The van der Waals surface area contributed by atoms with E-state index in [0.717, 1.165) is 0 Å². The van der Waals surface area contributed by atoms with Crippen molar-refractivity contribution in [2.45, 2.75) is 0 Å². The van der Waals surface area contributed by atoms with Gasteiger partial charge in [-0.1, -0.05) is 0 Å². The van der Waals surface area contributed by atoms with Crippen molar-refractivity contribution < 1.29 is 25.1 Å². The van der Waals surface area contributed by atoms with Gasteiger partial charge in [0.2, 0.25) is 6.41 Å². The van der Waals surface area contributed by atoms with Crippen molar-refractivity contribution in [2.75, 3.05) is 0 Å². The number of rotatable bonds is 0. The van der Waals surface area contributed by atoms with Gasteiger partial charge in [0.1, 0.15) is 0 Å². The van der Waals surface area contributed by atoms with Gasteiger partial charge in [0.25, 0.3) is 0 Å². The van der Waals surface area contributed by atoms with E-state index in [1.807, 2.05) is 0 Å². The minimum absolute atomic E-state index is 0. The zero-order valence-corrected chi connectivity index (χ0v) is 2.56. The van der Waals surface area contributed by atoms with Crippen LogP contribution in [-0.4, -0.2) is 23.8 Å². The summed E-state index contributed by atoms with van der Waals surface area (Å²) < 4.78 is 0. The molecule has 4 heteroatoms. The number of hydrogen-bond donors (Lipinski definition) is 1. The van der Waals surface area contributed by atoms with Crippen LogP contribution in [0.1, 0.15) is 1.43 Å². The maximum atomic E-state index is 8.58. The first-order valence-electron chi connectivity index (χ1n) is 0.569. The van der Waals surface area contributed by atoms with Crippen molar-refractivity contribution >= 4 is 23.8 Å². The molecule has 0 saturated carbocycles. The monoisotopic (exact) mass is 83.1 g/mol. The Bertz CT molecular complexity index is 23.0. The molecule has 26 valence electrons. The number of hydrogen-bond acceptors (Lipinski definition) is 1. The molecule has 0 atom stereocenters. The maximum Gasteiger partial charge on any atom is 1.00 e. The molecule has 0 aliphatic heterocycles. The fourth-order valence-electron chi connectivity index (χ4n) is 0. The molecule has 0 aromatic rings. The van der Waals surface area contributed by atoms with E-state index in [1.165, 1.54) is 0 Å². The second-order valence-corrected chi connectivity index (χ2v) is 0.136. The van der Waals surface area contributed by atoms with Crippen molar-refractivity contribution in [3.05, 3.63) is 0 Å². The van der Waals surface area contributed by atoms with Crippen molar-refractivity contribution in [2.24, 2.45) is 5.73 Å². The first-order chi connectivity index (χ1) is 1.41. The molecular formula is CH7AlLiNO. The van der Waals surface area contributed by atoms with Crippen molar-refractivity contribution in [1.29, 1.82) is 0 Å². The summed E-state index contributed by atoms with van der Waals surface area (Å²) in [6, 6.07) is 0. The van der Waals surface area contributed by atoms with E-state index in [-0.39, 0.29) is 44.1 Å². The summed E-state index contributed by atoms with van der Waals surface area (Å²) in [5, 5.41) is 0. The Morgan fingerprint density at radius 1 is 1.80 bits per heavy atom. The first-order valence-corrected chi connectivity index (χ1v) is 0.569. The molecule has 0 radical (unpaired) electrons. The predicted molar refractivity (Wildman–Crippen MR) is 21.3 cm³/mol. The smallest absolute Gasteiger partial charge is 1.00 e. The van der Waals surface area contributed by atoms with Crippen molar-refractivity contribution in [1.82, 2.24) is 0 Å². The summed E-state index contributed by atoms with van der Waals surface area (Å²) in [4.78, 5) is 8.58. The third-order valence-electron chi connectivity index (χ3n) is 0. The van der Waals surface area contributed by atoms with Crippen LogP contribution in [0.15, 0.2) is 0 Å². The third-order valence-corrected chi connectivity index (χ3v) is 0. The molecule has 0 bridgehead atoms. The SMILES string of the molecule is NC=O.[AlH3].[H-].[Li+]. The van der Waals surface area contributed by atoms with Crippen LogP contribution in [0.5, 0.6) is 0 Å². The second-order valence-electron chi connectivity index (χ2n) is 0.136. The maximum absolute atomic E-state index is 8.58. The van der Waals surface area contributed by atoms with Crippen LogP contribution in [0.4, 0.5) is 0 Å². The second kappa shape index (κ2) is 23.3. The molecule has 0 unspecified atom stereocenters. The van der Waals surface area contributed by atoms with Gasteiger partial charge in [-0.15, -0.1) is 0 Å². The molecule has 0 fully saturated rings. The summed E-state index contributed by atoms with van der Waals surface area (Å²) >= 11 is 0. The normalized spacial score (nSPS) is 2.40. The summed E-state index contributed by atoms with van der Waals surface area (Å²) in [5.74, 6) is 0. The van der Waals surface area contributed by atoms with Crippen LogP contribution < -0.4 is 24.6 Å². The molecule has 0 aromatic heterocycles. The van der Waals surface area contributed by atoms with Crippen molar-refractivity contribution in [3.63, 3.8) is 0 Å². The molecule has 0 heterocycles. The number of primary amides is 1. The van der Waals surface area contributed by atoms with Gasteiger partial charge in [-0.2, -0.15) is 0 Å². The van der Waals surface area contributed by atoms with Gasteiger partial charge in [0.15, 0.2) is 17.4 Å². The van der Waals surface area contributed by atoms with Gasteiger partial charge < -0.3 is 7.16 Å². The van der Waals surface area contributed by atoms with E-state index in [9.17, 15) is 0 Å². The third kappa shape index (κ3) is 86.4. The minimum Gasteiger partial charge on any atom is -1.00 e. The number of amides is 1. The largest absolute Gasteiger partial charge is 1.00 e. The van der Waals surface area contributed by atoms with E-state index >= 15 is 0 Å². The molecule has 0 rings (SSSR count). The Morgan fingerprint density at radius 3 is 1.80 bits per heavy atom. The Balaban J connectivity index is -0.00000000667. The van der Waals surface area contributed by atoms with Crippen LogP contribution in [0.3, 0.4) is 0 Å². The van der Waals surface area contributed by atoms with E-state index in [1.54, 1.807) is 0 Å². The fraction of sp³-hybridized carbons (Fsp3) is 0. The van der Waals surface area contributed by atoms with Crippen LogP contribution in [0.2, 0.25) is 0 Å². The topological polar surface area (TPSA) is 43.1 Å². The predicted octanol–water partition coefficient (Wildman–Crippen LogP) is -4.97. The number of carbonyl (C=O) groups excluding carboxylic acids is 1. The van der Waals surface area contributed by atoms with Gasteiger partial charge >= 0.3 is 18.9 Å². The van der Waals surface area contributed by atoms with Crippen molar-refractivity contribution in [3.8, 4) is 0 Å². The Morgan fingerprint density at radius 2 is 1.80 bits per heavy atom. The summed E-state index contributed by atoms with van der Waals surface area (Å²) in [6.07, 6.45) is 0.250. The summed E-state index contributed by atoms with van der Waals surface area (Å²) in [7, 11) is 0. The molecule has 5 heavy (non-hydrogen) atoms. The average molecular weight is 83.0 g/mol. The van der Waals surface area contributed by atoms with Gasteiger partial charge in [-0.05, 0) is 0 Å². The van der Waals surface area contributed by atoms with Crippen LogP contribution in [0, 0.1) is 0 Å². The molecule has 2 N–H and O–H groups in total. The average Bonchev–Trinajstić information content (AvgIpc) is 0.918. The first kappa shape index (κ1) is 17.5. The van der Waals surface area contributed by atoms with Crippen LogP contribution >= 0.6 is 0 Å². The van der Waals surface area contributed by atoms with Gasteiger partial charge in [0.05, 0.1) is 0 Å². The summed E-state index contributed by atoms with van der Waals surface area (Å²) in [5.41, 5.74) is 4.17. The van der Waals surface area contributed by atoms with Crippen LogP contribution in [0.25, 0.3) is 0 Å². The molecule has 0 spiro atoms. The molecular weight excluding hydrogens is 75.9 g/mol. The molecule has 1 amide bonds. The minimum atomic E-state index is 0. The Kier molecular flexibility index (Phi) is 81.6. The van der Waals surface area contributed by atoms with Gasteiger partial charge in [0, 0.05) is 0 Å².